The average molecular weight is 401 g/mol. The highest BCUT2D eigenvalue weighted by molar-refractivity contribution is 8.00. The summed E-state index contributed by atoms with van der Waals surface area (Å²) < 4.78 is 48.1. The molecule has 1 aliphatic rings. The molecule has 3 rings (SSSR count). The molecule has 1 aliphatic heterocycles. The van der Waals surface area contributed by atoms with Gasteiger partial charge in [-0.2, -0.15) is 13.2 Å². The minimum absolute atomic E-state index is 0.0261. The number of rotatable bonds is 4. The van der Waals surface area contributed by atoms with Crippen molar-refractivity contribution in [1.82, 2.24) is 0 Å². The van der Waals surface area contributed by atoms with E-state index >= 15 is 0 Å². The first-order valence-electron chi connectivity index (χ1n) is 7.50. The fraction of sp³-hybridized carbons (Fsp3) is 0.235. The summed E-state index contributed by atoms with van der Waals surface area (Å²) in [5.74, 6) is 0.744. The van der Waals surface area contributed by atoms with Gasteiger partial charge in [0, 0.05) is 21.4 Å². The molecule has 2 aromatic carbocycles. The van der Waals surface area contributed by atoms with Crippen molar-refractivity contribution >= 4 is 35.1 Å². The van der Waals surface area contributed by atoms with Gasteiger partial charge < -0.3 is 14.8 Å². The van der Waals surface area contributed by atoms with Gasteiger partial charge in [0.1, 0.15) is 13.2 Å². The van der Waals surface area contributed by atoms with E-state index < -0.39 is 11.4 Å². The predicted molar refractivity (Wildman–Crippen MR) is 95.5 cm³/mol. The van der Waals surface area contributed by atoms with Gasteiger partial charge in [-0.05, 0) is 48.3 Å². The molecule has 1 heterocycles. The number of carbonyl (C=O) groups is 1. The van der Waals surface area contributed by atoms with Crippen LogP contribution in [0.4, 0.5) is 18.9 Å². The van der Waals surface area contributed by atoms with Crippen LogP contribution in [0, 0.1) is 0 Å². The van der Waals surface area contributed by atoms with Gasteiger partial charge >= 0.3 is 5.51 Å². The summed E-state index contributed by atoms with van der Waals surface area (Å²) in [7, 11) is 0. The van der Waals surface area contributed by atoms with Gasteiger partial charge in [0.2, 0.25) is 0 Å². The van der Waals surface area contributed by atoms with Crippen LogP contribution in [0.1, 0.15) is 10.4 Å². The SMILES string of the molecule is CSc1cc2c(cc1NC(=O)c1ccc(SC(F)(F)F)cc1)OCCO2. The molecule has 0 fully saturated rings. The monoisotopic (exact) mass is 401 g/mol. The van der Waals surface area contributed by atoms with Crippen LogP contribution in [0.2, 0.25) is 0 Å². The number of hydrogen-bond acceptors (Lipinski definition) is 5. The molecule has 1 N–H and O–H groups in total. The van der Waals surface area contributed by atoms with Crippen LogP contribution in [0.5, 0.6) is 11.5 Å². The third kappa shape index (κ3) is 4.59. The van der Waals surface area contributed by atoms with Crippen molar-refractivity contribution in [2.45, 2.75) is 15.3 Å². The second-order valence-corrected chi connectivity index (χ2v) is 7.21. The molecule has 0 atom stereocenters. The molecular weight excluding hydrogens is 387 g/mol. The first kappa shape index (κ1) is 18.8. The van der Waals surface area contributed by atoms with Crippen LogP contribution < -0.4 is 14.8 Å². The van der Waals surface area contributed by atoms with Crippen molar-refractivity contribution in [1.29, 1.82) is 0 Å². The first-order valence-corrected chi connectivity index (χ1v) is 9.54. The lowest BCUT2D eigenvalue weighted by Crippen LogP contribution is -2.17. The molecule has 0 spiro atoms. The maximum Gasteiger partial charge on any atom is 0.446 e. The van der Waals surface area contributed by atoms with Gasteiger partial charge in [0.15, 0.2) is 11.5 Å². The van der Waals surface area contributed by atoms with Crippen molar-refractivity contribution < 1.29 is 27.4 Å². The quantitative estimate of drug-likeness (QED) is 0.727. The minimum Gasteiger partial charge on any atom is -0.486 e. The number of halogens is 3. The Morgan fingerprint density at radius 3 is 2.27 bits per heavy atom. The summed E-state index contributed by atoms with van der Waals surface area (Å²) >= 11 is 1.22. The minimum atomic E-state index is -4.36. The lowest BCUT2D eigenvalue weighted by Gasteiger charge is -2.21. The lowest BCUT2D eigenvalue weighted by atomic mass is 10.2. The van der Waals surface area contributed by atoms with E-state index in [0.717, 1.165) is 4.90 Å². The summed E-state index contributed by atoms with van der Waals surface area (Å²) in [5.41, 5.74) is -3.54. The van der Waals surface area contributed by atoms with Crippen LogP contribution >= 0.6 is 23.5 Å². The van der Waals surface area contributed by atoms with E-state index in [2.05, 4.69) is 5.32 Å². The molecule has 4 nitrogen and oxygen atoms in total. The van der Waals surface area contributed by atoms with E-state index in [1.165, 1.54) is 36.0 Å². The molecule has 1 amide bonds. The highest BCUT2D eigenvalue weighted by atomic mass is 32.2. The number of fused-ring (bicyclic) bond motifs is 1. The maximum absolute atomic E-state index is 12.4. The van der Waals surface area contributed by atoms with Crippen molar-refractivity contribution in [2.75, 3.05) is 24.8 Å². The average Bonchev–Trinajstić information content (AvgIpc) is 2.60. The molecule has 0 aliphatic carbocycles. The molecule has 0 bridgehead atoms. The van der Waals surface area contributed by atoms with E-state index in [0.29, 0.717) is 30.4 Å². The van der Waals surface area contributed by atoms with Gasteiger partial charge in [-0.15, -0.1) is 11.8 Å². The topological polar surface area (TPSA) is 47.6 Å². The predicted octanol–water partition coefficient (Wildman–Crippen LogP) is 5.04. The van der Waals surface area contributed by atoms with Gasteiger partial charge in [-0.25, -0.2) is 0 Å². The Labute approximate surface area is 156 Å². The van der Waals surface area contributed by atoms with Crippen molar-refractivity contribution in [2.24, 2.45) is 0 Å². The zero-order chi connectivity index (χ0) is 18.7. The highest BCUT2D eigenvalue weighted by Crippen LogP contribution is 2.40. The number of benzene rings is 2. The number of hydrogen-bond donors (Lipinski definition) is 1. The number of alkyl halides is 3. The molecule has 0 saturated carbocycles. The third-order valence-corrected chi connectivity index (χ3v) is 4.98. The Hall–Kier alpha value is -2.00. The van der Waals surface area contributed by atoms with Gasteiger partial charge in [-0.1, -0.05) is 0 Å². The fourth-order valence-corrected chi connectivity index (χ4v) is 3.43. The number of thioether (sulfide) groups is 2. The Morgan fingerprint density at radius 2 is 1.69 bits per heavy atom. The van der Waals surface area contributed by atoms with Crippen LogP contribution in [-0.4, -0.2) is 30.9 Å². The number of ether oxygens (including phenoxy) is 2. The second kappa shape index (κ2) is 7.71. The Bertz CT molecular complexity index is 810. The summed E-state index contributed by atoms with van der Waals surface area (Å²) in [5, 5.41) is 2.77. The van der Waals surface area contributed by atoms with Crippen LogP contribution in [0.3, 0.4) is 0 Å². The molecule has 2 aromatic rings. The largest absolute Gasteiger partial charge is 0.486 e. The summed E-state index contributed by atoms with van der Waals surface area (Å²) in [6.45, 7) is 0.895. The van der Waals surface area contributed by atoms with E-state index in [9.17, 15) is 18.0 Å². The maximum atomic E-state index is 12.4. The molecule has 138 valence electrons. The van der Waals surface area contributed by atoms with Crippen LogP contribution in [-0.2, 0) is 0 Å². The fourth-order valence-electron chi connectivity index (χ4n) is 2.34. The molecule has 9 heteroatoms. The molecule has 0 radical (unpaired) electrons. The van der Waals surface area contributed by atoms with E-state index in [4.69, 9.17) is 9.47 Å². The van der Waals surface area contributed by atoms with Crippen LogP contribution in [0.15, 0.2) is 46.2 Å². The van der Waals surface area contributed by atoms with E-state index in [1.54, 1.807) is 12.1 Å². The number of carbonyl (C=O) groups excluding carboxylic acids is 1. The van der Waals surface area contributed by atoms with Gasteiger partial charge in [0.05, 0.1) is 5.69 Å². The Morgan fingerprint density at radius 1 is 1.08 bits per heavy atom. The molecule has 0 saturated heterocycles. The van der Waals surface area contributed by atoms with Crippen molar-refractivity contribution in [3.63, 3.8) is 0 Å². The standard InChI is InChI=1S/C17H14F3NO3S2/c1-25-15-9-14-13(23-6-7-24-14)8-12(15)21-16(22)10-2-4-11(5-3-10)26-17(18,19)20/h2-5,8-9H,6-7H2,1H3,(H,21,22). The first-order chi connectivity index (χ1) is 12.4. The van der Waals surface area contributed by atoms with E-state index in [1.807, 2.05) is 6.26 Å². The summed E-state index contributed by atoms with van der Waals surface area (Å²) in [6, 6.07) is 8.74. The van der Waals surface area contributed by atoms with Crippen molar-refractivity contribution in [3.8, 4) is 11.5 Å². The summed E-state index contributed by atoms with van der Waals surface area (Å²) in [4.78, 5) is 13.2. The second-order valence-electron chi connectivity index (χ2n) is 5.22. The van der Waals surface area contributed by atoms with Crippen molar-refractivity contribution in [3.05, 3.63) is 42.0 Å². The number of anilines is 1. The summed E-state index contributed by atoms with van der Waals surface area (Å²) in [6.07, 6.45) is 1.87. The van der Waals surface area contributed by atoms with E-state index in [-0.39, 0.29) is 22.2 Å². The Kier molecular flexibility index (Phi) is 5.57. The molecule has 26 heavy (non-hydrogen) atoms. The molecule has 0 aromatic heterocycles. The van der Waals surface area contributed by atoms with Gasteiger partial charge in [0.25, 0.3) is 5.91 Å². The van der Waals surface area contributed by atoms with Crippen LogP contribution in [0.25, 0.3) is 0 Å². The lowest BCUT2D eigenvalue weighted by molar-refractivity contribution is -0.0328. The highest BCUT2D eigenvalue weighted by Gasteiger charge is 2.29. The number of amides is 1. The zero-order valence-electron chi connectivity index (χ0n) is 13.6. The third-order valence-electron chi connectivity index (χ3n) is 3.46. The molecular formula is C17H14F3NO3S2. The smallest absolute Gasteiger partial charge is 0.446 e. The zero-order valence-corrected chi connectivity index (χ0v) is 15.2. The number of nitrogens with one attached hydrogen (secondary N) is 1. The normalized spacial score (nSPS) is 13.4. The Balaban J connectivity index is 1.77. The molecule has 0 unspecified atom stereocenters. The van der Waals surface area contributed by atoms with Gasteiger partial charge in [-0.3, -0.25) is 4.79 Å².